The van der Waals surface area contributed by atoms with E-state index in [4.69, 9.17) is 16.2 Å². The summed E-state index contributed by atoms with van der Waals surface area (Å²) in [6.45, 7) is 2.58. The van der Waals surface area contributed by atoms with E-state index in [-0.39, 0.29) is 11.6 Å². The first kappa shape index (κ1) is 20.2. The van der Waals surface area contributed by atoms with Gasteiger partial charge >= 0.3 is 0 Å². The predicted octanol–water partition coefficient (Wildman–Crippen LogP) is 2.27. The molecule has 2 aliphatic heterocycles. The number of halogens is 1. The smallest absolute Gasteiger partial charge is 0.166 e. The molecule has 0 saturated carbocycles. The molecule has 0 radical (unpaired) electrons. The Balaban J connectivity index is 1.97. The molecule has 2 aromatic rings. The maximum Gasteiger partial charge on any atom is 0.166 e. The van der Waals surface area contributed by atoms with Crippen molar-refractivity contribution in [1.82, 2.24) is 15.2 Å². The van der Waals surface area contributed by atoms with Gasteiger partial charge in [-0.25, -0.2) is 9.37 Å². The topological polar surface area (TPSA) is 126 Å². The number of nitriles is 1. The predicted molar refractivity (Wildman–Crippen MR) is 116 cm³/mol. The summed E-state index contributed by atoms with van der Waals surface area (Å²) >= 11 is 0. The highest BCUT2D eigenvalue weighted by atomic mass is 19.1. The number of aliphatic imine (C=N–C) groups is 1. The van der Waals surface area contributed by atoms with Crippen LogP contribution in [-0.2, 0) is 0 Å². The fourth-order valence-corrected chi connectivity index (χ4v) is 3.92. The van der Waals surface area contributed by atoms with E-state index in [1.807, 2.05) is 4.90 Å². The molecule has 1 aromatic carbocycles. The number of allylic oxidation sites excluding steroid dienone is 1. The van der Waals surface area contributed by atoms with Crippen molar-refractivity contribution >= 4 is 17.2 Å². The maximum atomic E-state index is 14.2. The van der Waals surface area contributed by atoms with Crippen molar-refractivity contribution in [3.8, 4) is 11.8 Å². The van der Waals surface area contributed by atoms with Crippen molar-refractivity contribution in [2.24, 2.45) is 10.7 Å². The number of nitrogens with one attached hydrogen (secondary N) is 1. The second kappa shape index (κ2) is 7.99. The minimum absolute atomic E-state index is 0.203. The summed E-state index contributed by atoms with van der Waals surface area (Å²) in [5.41, 5.74) is 16.5. The van der Waals surface area contributed by atoms with Gasteiger partial charge in [0.2, 0.25) is 0 Å². The van der Waals surface area contributed by atoms with E-state index in [1.165, 1.54) is 18.3 Å². The van der Waals surface area contributed by atoms with Crippen LogP contribution in [0.5, 0.6) is 5.75 Å². The average molecular weight is 419 g/mol. The molecule has 3 heterocycles. The Morgan fingerprint density at radius 2 is 2.23 bits per heavy atom. The van der Waals surface area contributed by atoms with Gasteiger partial charge in [0.1, 0.15) is 23.7 Å². The van der Waals surface area contributed by atoms with E-state index >= 15 is 0 Å². The highest BCUT2D eigenvalue weighted by Crippen LogP contribution is 2.35. The van der Waals surface area contributed by atoms with E-state index in [0.717, 1.165) is 5.57 Å². The first-order valence-corrected chi connectivity index (χ1v) is 9.70. The van der Waals surface area contributed by atoms with Crippen LogP contribution in [0, 0.1) is 17.1 Å². The number of aromatic nitrogens is 1. The number of hydrogen-bond acceptors (Lipinski definition) is 8. The van der Waals surface area contributed by atoms with E-state index < -0.39 is 6.10 Å². The number of nitrogen functional groups attached to an aromatic ring is 1. The second-order valence-corrected chi connectivity index (χ2v) is 7.23. The van der Waals surface area contributed by atoms with E-state index in [2.05, 4.69) is 21.4 Å². The lowest BCUT2D eigenvalue weighted by Crippen LogP contribution is -2.29. The Hall–Kier alpha value is -4.06. The molecule has 158 valence electrons. The molecule has 0 saturated heterocycles. The Morgan fingerprint density at radius 1 is 1.42 bits per heavy atom. The summed E-state index contributed by atoms with van der Waals surface area (Å²) in [7, 11) is 1.66. The number of fused-ring (bicyclic) bond motifs is 5. The first-order chi connectivity index (χ1) is 15.0. The van der Waals surface area contributed by atoms with Gasteiger partial charge in [-0.2, -0.15) is 5.26 Å². The lowest BCUT2D eigenvalue weighted by atomic mass is 9.94. The highest BCUT2D eigenvalue weighted by Gasteiger charge is 2.29. The van der Waals surface area contributed by atoms with Crippen molar-refractivity contribution in [3.05, 3.63) is 70.4 Å². The first-order valence-electron chi connectivity index (χ1n) is 9.70. The summed E-state index contributed by atoms with van der Waals surface area (Å²) in [5.74, 6) is 0.165. The molecular weight excluding hydrogens is 397 g/mol. The van der Waals surface area contributed by atoms with Crippen LogP contribution in [0.3, 0.4) is 0 Å². The maximum absolute atomic E-state index is 14.2. The van der Waals surface area contributed by atoms with Gasteiger partial charge in [-0.05, 0) is 31.2 Å². The third-order valence-electron chi connectivity index (χ3n) is 5.37. The van der Waals surface area contributed by atoms with Crippen LogP contribution in [-0.4, -0.2) is 35.9 Å². The molecule has 0 aliphatic carbocycles. The minimum atomic E-state index is -0.553. The molecule has 5 N–H and O–H groups in total. The van der Waals surface area contributed by atoms with Gasteiger partial charge in [-0.1, -0.05) is 0 Å². The normalized spacial score (nSPS) is 20.8. The number of nitrogens with two attached hydrogens (primary N) is 2. The molecule has 2 bridgehead atoms. The Bertz CT molecular complexity index is 1180. The van der Waals surface area contributed by atoms with Crippen molar-refractivity contribution < 1.29 is 9.13 Å². The molecule has 8 nitrogen and oxygen atoms in total. The largest absolute Gasteiger partial charge is 0.482 e. The van der Waals surface area contributed by atoms with Crippen molar-refractivity contribution in [2.45, 2.75) is 13.0 Å². The lowest BCUT2D eigenvalue weighted by molar-refractivity contribution is 0.226. The molecule has 1 aromatic heterocycles. The van der Waals surface area contributed by atoms with E-state index in [9.17, 15) is 9.65 Å². The molecule has 0 amide bonds. The summed E-state index contributed by atoms with van der Waals surface area (Å²) in [4.78, 5) is 10.7. The van der Waals surface area contributed by atoms with Gasteiger partial charge in [0.25, 0.3) is 0 Å². The van der Waals surface area contributed by atoms with Crippen molar-refractivity contribution in [3.63, 3.8) is 0 Å². The summed E-state index contributed by atoms with van der Waals surface area (Å²) in [5, 5.41) is 12.7. The number of anilines is 1. The zero-order valence-electron chi connectivity index (χ0n) is 17.2. The van der Waals surface area contributed by atoms with Crippen LogP contribution in [0.2, 0.25) is 0 Å². The quantitative estimate of drug-likeness (QED) is 0.598. The Kier molecular flexibility index (Phi) is 5.21. The number of benzene rings is 1. The van der Waals surface area contributed by atoms with Crippen LogP contribution in [0.25, 0.3) is 5.70 Å². The summed E-state index contributed by atoms with van der Waals surface area (Å²) < 4.78 is 20.3. The number of ether oxygens (including phenoxy) is 1. The van der Waals surface area contributed by atoms with Gasteiger partial charge in [0.05, 0.1) is 18.1 Å². The summed E-state index contributed by atoms with van der Waals surface area (Å²) in [6, 6.07) is 8.41. The van der Waals surface area contributed by atoms with Crippen LogP contribution >= 0.6 is 0 Å². The fraction of sp³-hybridized carbons (Fsp3) is 0.227. The van der Waals surface area contributed by atoms with Crippen molar-refractivity contribution in [2.75, 3.05) is 26.0 Å². The molecule has 0 spiro atoms. The van der Waals surface area contributed by atoms with Crippen LogP contribution in [0.4, 0.5) is 10.2 Å². The Morgan fingerprint density at radius 3 is 2.94 bits per heavy atom. The Labute approximate surface area is 179 Å². The molecule has 31 heavy (non-hydrogen) atoms. The number of nitrogens with zero attached hydrogens (tertiary/aromatic N) is 4. The second-order valence-electron chi connectivity index (χ2n) is 7.23. The van der Waals surface area contributed by atoms with Crippen LogP contribution < -0.4 is 21.5 Å². The zero-order chi connectivity index (χ0) is 22.1. The lowest BCUT2D eigenvalue weighted by Gasteiger charge is -2.27. The van der Waals surface area contributed by atoms with E-state index in [0.29, 0.717) is 52.8 Å². The number of rotatable bonds is 0. The molecule has 1 atom stereocenters. The van der Waals surface area contributed by atoms with Gasteiger partial charge in [-0.15, -0.1) is 0 Å². The van der Waals surface area contributed by atoms with Crippen LogP contribution in [0.15, 0.2) is 52.9 Å². The van der Waals surface area contributed by atoms with Gasteiger partial charge in [-0.3, -0.25) is 4.99 Å². The highest BCUT2D eigenvalue weighted by molar-refractivity contribution is 6.13. The fourth-order valence-electron chi connectivity index (χ4n) is 3.92. The monoisotopic (exact) mass is 419 g/mol. The molecule has 1 unspecified atom stereocenters. The third kappa shape index (κ3) is 3.53. The average Bonchev–Trinajstić information content (AvgIpc) is 3.17. The van der Waals surface area contributed by atoms with Gasteiger partial charge in [0, 0.05) is 48.3 Å². The standard InChI is InChI=1S/C22H22FN7O/c1-12-17-6-15(23)3-4-16(17)20(27-2)14(7-24)10-30-11-29-18(8-25)21(30)13-5-19(31-12)22(26)28-9-13/h3-7,9,12,29H,10-11,24H2,1-2H3,(H2,26,28). The van der Waals surface area contributed by atoms with E-state index in [1.54, 1.807) is 32.3 Å². The number of pyridine rings is 1. The molecule has 9 heteroatoms. The van der Waals surface area contributed by atoms with Crippen molar-refractivity contribution in [1.29, 1.82) is 5.26 Å². The SMILES string of the molecule is CN=C1C(=CN)CN2CNC(C#N)=C2c2cnc(N)c(c2)OC(C)c2cc(F)ccc21. The summed E-state index contributed by atoms with van der Waals surface area (Å²) in [6.07, 6.45) is 2.53. The molecule has 0 fully saturated rings. The zero-order valence-corrected chi connectivity index (χ0v) is 17.2. The van der Waals surface area contributed by atoms with Gasteiger partial charge in [0.15, 0.2) is 11.6 Å². The molecule has 2 aliphatic rings. The van der Waals surface area contributed by atoms with Crippen LogP contribution in [0.1, 0.15) is 29.7 Å². The molecular formula is C22H22FN7O. The minimum Gasteiger partial charge on any atom is -0.482 e. The third-order valence-corrected chi connectivity index (χ3v) is 5.37. The molecule has 4 rings (SSSR count). The van der Waals surface area contributed by atoms with Gasteiger partial charge < -0.3 is 26.4 Å². The number of hydrogen-bond donors (Lipinski definition) is 3.